The van der Waals surface area contributed by atoms with E-state index in [4.69, 9.17) is 23.7 Å². The van der Waals surface area contributed by atoms with E-state index in [1.165, 1.54) is 0 Å². The van der Waals surface area contributed by atoms with Gasteiger partial charge in [-0.1, -0.05) is 0 Å². The Labute approximate surface area is 188 Å². The van der Waals surface area contributed by atoms with Crippen LogP contribution in [-0.2, 0) is 6.54 Å². The van der Waals surface area contributed by atoms with Crippen molar-refractivity contribution in [2.75, 3.05) is 47.9 Å². The van der Waals surface area contributed by atoms with Crippen molar-refractivity contribution in [1.29, 1.82) is 0 Å². The van der Waals surface area contributed by atoms with E-state index in [0.717, 1.165) is 11.3 Å². The van der Waals surface area contributed by atoms with Crippen LogP contribution in [0.3, 0.4) is 0 Å². The van der Waals surface area contributed by atoms with Crippen molar-refractivity contribution in [2.45, 2.75) is 6.54 Å². The fourth-order valence-electron chi connectivity index (χ4n) is 2.65. The summed E-state index contributed by atoms with van der Waals surface area (Å²) < 4.78 is 26.8. The number of aliphatic imine (C=N–C) groups is 1. The van der Waals surface area contributed by atoms with Crippen LogP contribution in [0.2, 0.25) is 0 Å². The molecular weight excluding hydrogens is 489 g/mol. The zero-order valence-corrected chi connectivity index (χ0v) is 19.8. The highest BCUT2D eigenvalue weighted by molar-refractivity contribution is 14.0. The molecule has 0 fully saturated rings. The number of halogens is 1. The lowest BCUT2D eigenvalue weighted by Gasteiger charge is -2.17. The van der Waals surface area contributed by atoms with Crippen LogP contribution >= 0.6 is 24.0 Å². The number of ether oxygens (including phenoxy) is 5. The molecule has 0 unspecified atom stereocenters. The minimum Gasteiger partial charge on any atom is -0.496 e. The number of benzene rings is 2. The molecule has 0 heterocycles. The van der Waals surface area contributed by atoms with Gasteiger partial charge in [0.1, 0.15) is 17.2 Å². The summed E-state index contributed by atoms with van der Waals surface area (Å²) in [6, 6.07) is 9.15. The van der Waals surface area contributed by atoms with Gasteiger partial charge in [-0.05, 0) is 12.1 Å². The van der Waals surface area contributed by atoms with Gasteiger partial charge in [-0.25, -0.2) is 0 Å². The van der Waals surface area contributed by atoms with Crippen LogP contribution in [0.15, 0.2) is 35.3 Å². The monoisotopic (exact) mass is 517 g/mol. The molecule has 0 bridgehead atoms. The molecule has 0 aliphatic carbocycles. The van der Waals surface area contributed by atoms with Gasteiger partial charge in [-0.15, -0.1) is 24.0 Å². The highest BCUT2D eigenvalue weighted by atomic mass is 127. The summed E-state index contributed by atoms with van der Waals surface area (Å²) in [5.74, 6) is 3.83. The van der Waals surface area contributed by atoms with Crippen molar-refractivity contribution in [2.24, 2.45) is 4.99 Å². The van der Waals surface area contributed by atoms with E-state index in [1.807, 2.05) is 30.3 Å². The minimum absolute atomic E-state index is 0. The lowest BCUT2D eigenvalue weighted by molar-refractivity contribution is 0.355. The van der Waals surface area contributed by atoms with Gasteiger partial charge >= 0.3 is 0 Å². The van der Waals surface area contributed by atoms with Crippen LogP contribution in [0.25, 0.3) is 0 Å². The number of rotatable bonds is 8. The Morgan fingerprint density at radius 2 is 1.38 bits per heavy atom. The molecule has 29 heavy (non-hydrogen) atoms. The molecule has 2 aromatic rings. The molecule has 2 aromatic carbocycles. The first-order valence-electron chi connectivity index (χ1n) is 8.58. The summed E-state index contributed by atoms with van der Waals surface area (Å²) in [4.78, 5) is 4.26. The van der Waals surface area contributed by atoms with Crippen molar-refractivity contribution in [3.05, 3.63) is 35.9 Å². The third-order valence-electron chi connectivity index (χ3n) is 4.12. The van der Waals surface area contributed by atoms with Gasteiger partial charge in [0.15, 0.2) is 17.5 Å². The Bertz CT molecular complexity index is 805. The molecule has 8 nitrogen and oxygen atoms in total. The molecule has 0 aromatic heterocycles. The molecule has 0 aliphatic heterocycles. The number of nitrogens with zero attached hydrogens (tertiary/aromatic N) is 1. The quantitative estimate of drug-likeness (QED) is 0.315. The molecule has 2 rings (SSSR count). The predicted molar refractivity (Wildman–Crippen MR) is 125 cm³/mol. The van der Waals surface area contributed by atoms with E-state index < -0.39 is 0 Å². The Balaban J connectivity index is 0.00000420. The summed E-state index contributed by atoms with van der Waals surface area (Å²) in [5, 5.41) is 6.47. The van der Waals surface area contributed by atoms with Crippen molar-refractivity contribution >= 4 is 35.6 Å². The second-order valence-electron chi connectivity index (χ2n) is 5.63. The van der Waals surface area contributed by atoms with Crippen LogP contribution in [0.1, 0.15) is 5.56 Å². The first-order valence-corrected chi connectivity index (χ1v) is 8.58. The summed E-state index contributed by atoms with van der Waals surface area (Å²) >= 11 is 0. The van der Waals surface area contributed by atoms with E-state index in [0.29, 0.717) is 41.3 Å². The highest BCUT2D eigenvalue weighted by Gasteiger charge is 2.14. The van der Waals surface area contributed by atoms with E-state index in [2.05, 4.69) is 15.6 Å². The second-order valence-corrected chi connectivity index (χ2v) is 5.63. The zero-order valence-electron chi connectivity index (χ0n) is 17.5. The van der Waals surface area contributed by atoms with Gasteiger partial charge < -0.3 is 34.3 Å². The fraction of sp³-hybridized carbons (Fsp3) is 0.350. The molecule has 2 N–H and O–H groups in total. The summed E-state index contributed by atoms with van der Waals surface area (Å²) in [6.07, 6.45) is 0. The first kappa shape index (κ1) is 24.5. The van der Waals surface area contributed by atoms with Gasteiger partial charge in [-0.3, -0.25) is 4.99 Å². The molecule has 0 saturated carbocycles. The molecule has 0 spiro atoms. The van der Waals surface area contributed by atoms with Crippen LogP contribution in [-0.4, -0.2) is 48.6 Å². The normalized spacial score (nSPS) is 10.5. The molecule has 160 valence electrons. The van der Waals surface area contributed by atoms with E-state index in [1.54, 1.807) is 42.6 Å². The maximum atomic E-state index is 5.48. The standard InChI is InChI=1S/C20H27N3O5.HI/c1-21-20(23-13-7-8-16(25-3)19(9-13)28-6)22-12-15-17(26-4)10-14(24-2)11-18(15)27-5;/h7-11H,12H2,1-6H3,(H2,21,22,23);1H. The predicted octanol–water partition coefficient (Wildman–Crippen LogP) is 3.54. The Hall–Kier alpha value is -2.56. The van der Waals surface area contributed by atoms with Gasteiger partial charge in [0.25, 0.3) is 0 Å². The van der Waals surface area contributed by atoms with Crippen molar-refractivity contribution in [3.8, 4) is 28.7 Å². The molecule has 9 heteroatoms. The van der Waals surface area contributed by atoms with E-state index in [-0.39, 0.29) is 24.0 Å². The van der Waals surface area contributed by atoms with E-state index >= 15 is 0 Å². The number of methoxy groups -OCH3 is 5. The average molecular weight is 517 g/mol. The number of guanidine groups is 1. The summed E-state index contributed by atoms with van der Waals surface area (Å²) in [7, 11) is 9.69. The fourth-order valence-corrected chi connectivity index (χ4v) is 2.65. The summed E-state index contributed by atoms with van der Waals surface area (Å²) in [5.41, 5.74) is 1.65. The van der Waals surface area contributed by atoms with Crippen LogP contribution < -0.4 is 34.3 Å². The van der Waals surface area contributed by atoms with Crippen molar-refractivity contribution in [1.82, 2.24) is 5.32 Å². The highest BCUT2D eigenvalue weighted by Crippen LogP contribution is 2.34. The van der Waals surface area contributed by atoms with Gasteiger partial charge in [0.05, 0.1) is 47.7 Å². The number of hydrogen-bond donors (Lipinski definition) is 2. The number of hydrogen-bond acceptors (Lipinski definition) is 6. The van der Waals surface area contributed by atoms with Crippen LogP contribution in [0.4, 0.5) is 5.69 Å². The van der Waals surface area contributed by atoms with Gasteiger partial charge in [-0.2, -0.15) is 0 Å². The smallest absolute Gasteiger partial charge is 0.195 e. The molecule has 0 atom stereocenters. The SMILES string of the molecule is CN=C(NCc1c(OC)cc(OC)cc1OC)Nc1ccc(OC)c(OC)c1.I. The molecule has 0 aliphatic rings. The van der Waals surface area contributed by atoms with Crippen LogP contribution in [0.5, 0.6) is 28.7 Å². The Kier molecular flexibility index (Phi) is 10.2. The largest absolute Gasteiger partial charge is 0.496 e. The van der Waals surface area contributed by atoms with Crippen molar-refractivity contribution in [3.63, 3.8) is 0 Å². The lowest BCUT2D eigenvalue weighted by atomic mass is 10.1. The van der Waals surface area contributed by atoms with Crippen LogP contribution in [0, 0.1) is 0 Å². The first-order chi connectivity index (χ1) is 13.6. The van der Waals surface area contributed by atoms with E-state index in [9.17, 15) is 0 Å². The third-order valence-corrected chi connectivity index (χ3v) is 4.12. The minimum atomic E-state index is 0. The zero-order chi connectivity index (χ0) is 20.5. The lowest BCUT2D eigenvalue weighted by Crippen LogP contribution is -2.30. The Morgan fingerprint density at radius 1 is 0.793 bits per heavy atom. The number of nitrogens with one attached hydrogen (secondary N) is 2. The maximum absolute atomic E-state index is 5.48. The van der Waals surface area contributed by atoms with Crippen molar-refractivity contribution < 1.29 is 23.7 Å². The number of anilines is 1. The van der Waals surface area contributed by atoms with Gasteiger partial charge in [0, 0.05) is 30.9 Å². The third kappa shape index (κ3) is 6.21. The molecule has 0 radical (unpaired) electrons. The maximum Gasteiger partial charge on any atom is 0.195 e. The second kappa shape index (κ2) is 12.1. The molecule has 0 saturated heterocycles. The average Bonchev–Trinajstić information content (AvgIpc) is 2.75. The molecule has 0 amide bonds. The topological polar surface area (TPSA) is 82.6 Å². The van der Waals surface area contributed by atoms with Gasteiger partial charge in [0.2, 0.25) is 0 Å². The summed E-state index contributed by atoms with van der Waals surface area (Å²) in [6.45, 7) is 0.434. The Morgan fingerprint density at radius 3 is 1.86 bits per heavy atom. The molecular formula is C20H28IN3O5.